The van der Waals surface area contributed by atoms with Crippen molar-refractivity contribution in [1.29, 1.82) is 0 Å². The number of methoxy groups -OCH3 is 1. The van der Waals surface area contributed by atoms with Gasteiger partial charge in [-0.2, -0.15) is 0 Å². The van der Waals surface area contributed by atoms with Crippen LogP contribution in [0, 0.1) is 6.92 Å². The van der Waals surface area contributed by atoms with Gasteiger partial charge in [-0.3, -0.25) is 9.78 Å². The fourth-order valence-corrected chi connectivity index (χ4v) is 1.43. The quantitative estimate of drug-likeness (QED) is 0.624. The van der Waals surface area contributed by atoms with Crippen molar-refractivity contribution in [2.45, 2.75) is 18.8 Å². The van der Waals surface area contributed by atoms with Crippen LogP contribution in [0.5, 0.6) is 0 Å². The third kappa shape index (κ3) is 4.16. The first-order valence-electron chi connectivity index (χ1n) is 4.98. The standard InChI is InChI=1S/C11H15ClN2O2/c1-8-4-3-5-9(14-8)6-13-7-10(12)11(15)16-2/h3-5,10,13H,6-7H2,1-2H3. The van der Waals surface area contributed by atoms with Gasteiger partial charge in [0.2, 0.25) is 0 Å². The van der Waals surface area contributed by atoms with E-state index in [1.807, 2.05) is 25.1 Å². The van der Waals surface area contributed by atoms with Gasteiger partial charge in [0.1, 0.15) is 5.38 Å². The topological polar surface area (TPSA) is 51.2 Å². The van der Waals surface area contributed by atoms with Crippen molar-refractivity contribution in [1.82, 2.24) is 10.3 Å². The lowest BCUT2D eigenvalue weighted by molar-refractivity contribution is -0.140. The van der Waals surface area contributed by atoms with Crippen LogP contribution in [0.25, 0.3) is 0 Å². The zero-order valence-corrected chi connectivity index (χ0v) is 10.1. The van der Waals surface area contributed by atoms with Crippen molar-refractivity contribution in [3.05, 3.63) is 29.6 Å². The van der Waals surface area contributed by atoms with Gasteiger partial charge in [0, 0.05) is 18.8 Å². The van der Waals surface area contributed by atoms with Gasteiger partial charge in [0.05, 0.1) is 12.8 Å². The maximum atomic E-state index is 11.0. The van der Waals surface area contributed by atoms with Crippen LogP contribution in [0.4, 0.5) is 0 Å². The molecule has 0 aliphatic heterocycles. The van der Waals surface area contributed by atoms with E-state index in [9.17, 15) is 4.79 Å². The number of pyridine rings is 1. The second-order valence-corrected chi connectivity index (χ2v) is 3.92. The van der Waals surface area contributed by atoms with Crippen LogP contribution < -0.4 is 5.32 Å². The van der Waals surface area contributed by atoms with Gasteiger partial charge in [0.15, 0.2) is 0 Å². The molecule has 0 aliphatic rings. The number of aryl methyl sites for hydroxylation is 1. The molecule has 4 nitrogen and oxygen atoms in total. The van der Waals surface area contributed by atoms with E-state index < -0.39 is 11.3 Å². The molecule has 0 radical (unpaired) electrons. The minimum atomic E-state index is -0.658. The summed E-state index contributed by atoms with van der Waals surface area (Å²) >= 11 is 5.77. The predicted octanol–water partition coefficient (Wildman–Crippen LogP) is 1.26. The molecule has 1 N–H and O–H groups in total. The highest BCUT2D eigenvalue weighted by atomic mass is 35.5. The number of esters is 1. The van der Waals surface area contributed by atoms with Gasteiger partial charge in [-0.25, -0.2) is 0 Å². The molecule has 5 heteroatoms. The van der Waals surface area contributed by atoms with Gasteiger partial charge in [-0.05, 0) is 19.1 Å². The molecule has 0 amide bonds. The Morgan fingerprint density at radius 3 is 3.00 bits per heavy atom. The van der Waals surface area contributed by atoms with Gasteiger partial charge in [0.25, 0.3) is 0 Å². The summed E-state index contributed by atoms with van der Waals surface area (Å²) in [5.41, 5.74) is 1.89. The normalized spacial score (nSPS) is 12.2. The number of alkyl halides is 1. The molecule has 0 bridgehead atoms. The minimum absolute atomic E-state index is 0.365. The van der Waals surface area contributed by atoms with Crippen molar-refractivity contribution in [2.24, 2.45) is 0 Å². The largest absolute Gasteiger partial charge is 0.468 e. The zero-order valence-electron chi connectivity index (χ0n) is 9.37. The Bertz CT molecular complexity index is 358. The fraction of sp³-hybridized carbons (Fsp3) is 0.455. The smallest absolute Gasteiger partial charge is 0.325 e. The summed E-state index contributed by atoms with van der Waals surface area (Å²) in [6.07, 6.45) is 0. The molecule has 88 valence electrons. The zero-order chi connectivity index (χ0) is 12.0. The van der Waals surface area contributed by atoms with Crippen LogP contribution in [-0.4, -0.2) is 30.0 Å². The summed E-state index contributed by atoms with van der Waals surface area (Å²) in [5, 5.41) is 2.39. The number of halogens is 1. The highest BCUT2D eigenvalue weighted by Gasteiger charge is 2.14. The number of ether oxygens (including phenoxy) is 1. The minimum Gasteiger partial charge on any atom is -0.468 e. The summed E-state index contributed by atoms with van der Waals surface area (Å²) in [7, 11) is 1.32. The maximum absolute atomic E-state index is 11.0. The predicted molar refractivity (Wildman–Crippen MR) is 62.3 cm³/mol. The lowest BCUT2D eigenvalue weighted by atomic mass is 10.3. The van der Waals surface area contributed by atoms with Crippen LogP contribution in [0.2, 0.25) is 0 Å². The molecule has 1 atom stereocenters. The number of nitrogens with zero attached hydrogens (tertiary/aromatic N) is 1. The molecule has 0 saturated carbocycles. The van der Waals surface area contributed by atoms with Crippen LogP contribution in [0.15, 0.2) is 18.2 Å². The number of rotatable bonds is 5. The van der Waals surface area contributed by atoms with Crippen molar-refractivity contribution in [2.75, 3.05) is 13.7 Å². The molecule has 1 heterocycles. The second kappa shape index (κ2) is 6.45. The lowest BCUT2D eigenvalue weighted by Gasteiger charge is -2.08. The molecule has 1 unspecified atom stereocenters. The van der Waals surface area contributed by atoms with E-state index in [1.165, 1.54) is 7.11 Å². The third-order valence-electron chi connectivity index (χ3n) is 2.03. The Hall–Kier alpha value is -1.13. The Balaban J connectivity index is 2.33. The lowest BCUT2D eigenvalue weighted by Crippen LogP contribution is -2.30. The number of aromatic nitrogens is 1. The molecule has 0 aromatic carbocycles. The van der Waals surface area contributed by atoms with E-state index in [4.69, 9.17) is 11.6 Å². The molecule has 0 fully saturated rings. The van der Waals surface area contributed by atoms with Gasteiger partial charge < -0.3 is 10.1 Å². The summed E-state index contributed by atoms with van der Waals surface area (Å²) < 4.78 is 4.51. The molecule has 1 rings (SSSR count). The van der Waals surface area contributed by atoms with Crippen LogP contribution >= 0.6 is 11.6 Å². The van der Waals surface area contributed by atoms with Gasteiger partial charge in [-0.15, -0.1) is 11.6 Å². The molecule has 1 aromatic heterocycles. The highest BCUT2D eigenvalue weighted by Crippen LogP contribution is 1.99. The Labute approximate surface area is 100.0 Å². The second-order valence-electron chi connectivity index (χ2n) is 3.39. The van der Waals surface area contributed by atoms with E-state index in [2.05, 4.69) is 15.0 Å². The number of hydrogen-bond donors (Lipinski definition) is 1. The Morgan fingerprint density at radius 1 is 1.62 bits per heavy atom. The molecular formula is C11H15ClN2O2. The van der Waals surface area contributed by atoms with Crippen LogP contribution in [-0.2, 0) is 16.1 Å². The summed E-state index contributed by atoms with van der Waals surface area (Å²) in [6, 6.07) is 5.79. The van der Waals surface area contributed by atoms with Crippen LogP contribution in [0.1, 0.15) is 11.4 Å². The molecule has 1 aromatic rings. The van der Waals surface area contributed by atoms with E-state index in [0.29, 0.717) is 13.1 Å². The van der Waals surface area contributed by atoms with Gasteiger partial charge in [-0.1, -0.05) is 6.07 Å². The molecule has 0 saturated heterocycles. The molecule has 0 aliphatic carbocycles. The first kappa shape index (κ1) is 12.9. The number of nitrogens with one attached hydrogen (secondary N) is 1. The van der Waals surface area contributed by atoms with Crippen molar-refractivity contribution >= 4 is 17.6 Å². The Kier molecular flexibility index (Phi) is 5.22. The monoisotopic (exact) mass is 242 g/mol. The molecule has 0 spiro atoms. The van der Waals surface area contributed by atoms with Crippen molar-refractivity contribution in [3.63, 3.8) is 0 Å². The van der Waals surface area contributed by atoms with E-state index in [-0.39, 0.29) is 0 Å². The highest BCUT2D eigenvalue weighted by molar-refractivity contribution is 6.30. The maximum Gasteiger partial charge on any atom is 0.325 e. The first-order valence-corrected chi connectivity index (χ1v) is 5.42. The number of hydrogen-bond acceptors (Lipinski definition) is 4. The molecule has 16 heavy (non-hydrogen) atoms. The van der Waals surface area contributed by atoms with Gasteiger partial charge >= 0.3 is 5.97 Å². The third-order valence-corrected chi connectivity index (χ3v) is 2.37. The average Bonchev–Trinajstić information content (AvgIpc) is 2.28. The summed E-state index contributed by atoms with van der Waals surface area (Å²) in [4.78, 5) is 15.3. The number of carbonyl (C=O) groups is 1. The summed E-state index contributed by atoms with van der Waals surface area (Å²) in [6.45, 7) is 2.88. The van der Waals surface area contributed by atoms with Crippen molar-refractivity contribution < 1.29 is 9.53 Å². The Morgan fingerprint density at radius 2 is 2.38 bits per heavy atom. The van der Waals surface area contributed by atoms with E-state index in [0.717, 1.165) is 11.4 Å². The van der Waals surface area contributed by atoms with E-state index in [1.54, 1.807) is 0 Å². The number of carbonyl (C=O) groups excluding carboxylic acids is 1. The first-order chi connectivity index (χ1) is 7.63. The van der Waals surface area contributed by atoms with E-state index >= 15 is 0 Å². The van der Waals surface area contributed by atoms with Crippen molar-refractivity contribution in [3.8, 4) is 0 Å². The SMILES string of the molecule is COC(=O)C(Cl)CNCc1cccc(C)n1. The average molecular weight is 243 g/mol. The summed E-state index contributed by atoms with van der Waals surface area (Å²) in [5.74, 6) is -0.425. The fourth-order valence-electron chi connectivity index (χ4n) is 1.24. The van der Waals surface area contributed by atoms with Crippen LogP contribution in [0.3, 0.4) is 0 Å². The molecular weight excluding hydrogens is 228 g/mol.